The van der Waals surface area contributed by atoms with E-state index in [0.717, 1.165) is 0 Å². The van der Waals surface area contributed by atoms with Crippen LogP contribution in [0.3, 0.4) is 0 Å². The molecule has 0 bridgehead atoms. The second kappa shape index (κ2) is 4.68. The van der Waals surface area contributed by atoms with Gasteiger partial charge in [-0.3, -0.25) is 14.9 Å². The van der Waals surface area contributed by atoms with E-state index in [2.05, 4.69) is 10.1 Å². The summed E-state index contributed by atoms with van der Waals surface area (Å²) in [5.74, 6) is -0.910. The molecule has 0 aromatic carbocycles. The zero-order valence-electron chi connectivity index (χ0n) is 6.59. The Labute approximate surface area is 64.9 Å². The number of carbonyl (C=O) groups excluding carboxylic acids is 2. The molecule has 0 aromatic rings. The average Bonchev–Trinajstić information content (AvgIpc) is 1.99. The van der Waals surface area contributed by atoms with Gasteiger partial charge in [0.2, 0.25) is 5.91 Å². The summed E-state index contributed by atoms with van der Waals surface area (Å²) in [7, 11) is 1.28. The lowest BCUT2D eigenvalue weighted by Gasteiger charge is -2.07. The first-order valence-corrected chi connectivity index (χ1v) is 3.17. The van der Waals surface area contributed by atoms with E-state index in [4.69, 9.17) is 5.73 Å². The van der Waals surface area contributed by atoms with E-state index in [9.17, 15) is 9.59 Å². The summed E-state index contributed by atoms with van der Waals surface area (Å²) in [4.78, 5) is 20.9. The second-order valence-corrected chi connectivity index (χ2v) is 2.08. The van der Waals surface area contributed by atoms with Crippen molar-refractivity contribution < 1.29 is 14.3 Å². The summed E-state index contributed by atoms with van der Waals surface area (Å²) < 4.78 is 4.33. The van der Waals surface area contributed by atoms with Gasteiger partial charge in [0.05, 0.1) is 19.7 Å². The minimum absolute atomic E-state index is 0.000602. The van der Waals surface area contributed by atoms with Gasteiger partial charge < -0.3 is 10.5 Å². The van der Waals surface area contributed by atoms with Gasteiger partial charge in [-0.1, -0.05) is 0 Å². The minimum atomic E-state index is -0.505. The Kier molecular flexibility index (Phi) is 4.21. The highest BCUT2D eigenvalue weighted by Crippen LogP contribution is 1.78. The Hall–Kier alpha value is -1.10. The largest absolute Gasteiger partial charge is 0.468 e. The van der Waals surface area contributed by atoms with Crippen LogP contribution in [-0.2, 0) is 14.3 Å². The molecule has 0 fully saturated rings. The van der Waals surface area contributed by atoms with Crippen LogP contribution in [-0.4, -0.2) is 31.6 Å². The Morgan fingerprint density at radius 3 is 2.55 bits per heavy atom. The number of primary amides is 1. The summed E-state index contributed by atoms with van der Waals surface area (Å²) in [5, 5.41) is 2.58. The SMILES string of the molecule is COC(=O)CNC(C)C(N)=O. The van der Waals surface area contributed by atoms with E-state index in [1.54, 1.807) is 6.92 Å². The van der Waals surface area contributed by atoms with Gasteiger partial charge in [-0.15, -0.1) is 0 Å². The number of nitrogens with one attached hydrogen (secondary N) is 1. The van der Waals surface area contributed by atoms with Crippen molar-refractivity contribution >= 4 is 11.9 Å². The average molecular weight is 160 g/mol. The molecule has 11 heavy (non-hydrogen) atoms. The first-order valence-electron chi connectivity index (χ1n) is 3.17. The van der Waals surface area contributed by atoms with Crippen molar-refractivity contribution in [2.24, 2.45) is 5.73 Å². The molecule has 0 heterocycles. The van der Waals surface area contributed by atoms with Gasteiger partial charge >= 0.3 is 5.97 Å². The van der Waals surface area contributed by atoms with Crippen LogP contribution < -0.4 is 11.1 Å². The number of rotatable bonds is 4. The van der Waals surface area contributed by atoms with Crippen LogP contribution in [0.5, 0.6) is 0 Å². The summed E-state index contributed by atoms with van der Waals surface area (Å²) in [5.41, 5.74) is 4.91. The van der Waals surface area contributed by atoms with E-state index in [1.807, 2.05) is 0 Å². The number of hydrogen-bond acceptors (Lipinski definition) is 4. The van der Waals surface area contributed by atoms with E-state index in [-0.39, 0.29) is 6.54 Å². The number of methoxy groups -OCH3 is 1. The third kappa shape index (κ3) is 4.32. The summed E-state index contributed by atoms with van der Waals surface area (Å²) in [6.45, 7) is 1.58. The van der Waals surface area contributed by atoms with Crippen molar-refractivity contribution in [3.05, 3.63) is 0 Å². The predicted octanol–water partition coefficient (Wildman–Crippen LogP) is -1.38. The number of esters is 1. The first kappa shape index (κ1) is 9.90. The minimum Gasteiger partial charge on any atom is -0.468 e. The highest BCUT2D eigenvalue weighted by molar-refractivity contribution is 5.80. The number of ether oxygens (including phenoxy) is 1. The lowest BCUT2D eigenvalue weighted by atomic mass is 10.3. The molecule has 0 spiro atoms. The van der Waals surface area contributed by atoms with Gasteiger partial charge in [-0.2, -0.15) is 0 Å². The lowest BCUT2D eigenvalue weighted by molar-refractivity contribution is -0.139. The van der Waals surface area contributed by atoms with E-state index < -0.39 is 17.9 Å². The first-order chi connectivity index (χ1) is 5.07. The fraction of sp³-hybridized carbons (Fsp3) is 0.667. The van der Waals surface area contributed by atoms with Crippen molar-refractivity contribution in [1.82, 2.24) is 5.32 Å². The van der Waals surface area contributed by atoms with Crippen LogP contribution in [0.4, 0.5) is 0 Å². The normalized spacial score (nSPS) is 12.2. The highest BCUT2D eigenvalue weighted by Gasteiger charge is 2.09. The molecule has 3 N–H and O–H groups in total. The van der Waals surface area contributed by atoms with Gasteiger partial charge in [0.25, 0.3) is 0 Å². The second-order valence-electron chi connectivity index (χ2n) is 2.08. The number of carbonyl (C=O) groups is 2. The van der Waals surface area contributed by atoms with E-state index >= 15 is 0 Å². The molecule has 1 amide bonds. The molecule has 0 saturated heterocycles. The third-order valence-corrected chi connectivity index (χ3v) is 1.21. The molecule has 1 unspecified atom stereocenters. The van der Waals surface area contributed by atoms with Crippen LogP contribution in [0.2, 0.25) is 0 Å². The summed E-state index contributed by atoms with van der Waals surface area (Å²) in [6.07, 6.45) is 0. The highest BCUT2D eigenvalue weighted by atomic mass is 16.5. The zero-order valence-corrected chi connectivity index (χ0v) is 6.59. The quantitative estimate of drug-likeness (QED) is 0.497. The predicted molar refractivity (Wildman–Crippen MR) is 38.7 cm³/mol. The van der Waals surface area contributed by atoms with E-state index in [1.165, 1.54) is 7.11 Å². The summed E-state index contributed by atoms with van der Waals surface area (Å²) >= 11 is 0. The van der Waals surface area contributed by atoms with Gasteiger partial charge in [0, 0.05) is 0 Å². The van der Waals surface area contributed by atoms with Crippen LogP contribution in [0, 0.1) is 0 Å². The maximum Gasteiger partial charge on any atom is 0.319 e. The van der Waals surface area contributed by atoms with Gasteiger partial charge in [0.1, 0.15) is 0 Å². The van der Waals surface area contributed by atoms with Gasteiger partial charge in [-0.05, 0) is 6.92 Å². The molecule has 1 atom stereocenters. The smallest absolute Gasteiger partial charge is 0.319 e. The molecular formula is C6H12N2O3. The molecule has 5 nitrogen and oxygen atoms in total. The number of nitrogens with two attached hydrogens (primary N) is 1. The molecule has 0 aliphatic carbocycles. The fourth-order valence-electron chi connectivity index (χ4n) is 0.409. The number of amides is 1. The van der Waals surface area contributed by atoms with Crippen molar-refractivity contribution in [2.45, 2.75) is 13.0 Å². The monoisotopic (exact) mass is 160 g/mol. The molecule has 0 aliphatic rings. The Morgan fingerprint density at radius 2 is 2.18 bits per heavy atom. The Morgan fingerprint density at radius 1 is 1.64 bits per heavy atom. The van der Waals surface area contributed by atoms with Crippen molar-refractivity contribution in [2.75, 3.05) is 13.7 Å². The topological polar surface area (TPSA) is 81.4 Å². The van der Waals surface area contributed by atoms with Crippen LogP contribution in [0.15, 0.2) is 0 Å². The van der Waals surface area contributed by atoms with Crippen molar-refractivity contribution in [1.29, 1.82) is 0 Å². The molecule has 0 radical (unpaired) electrons. The van der Waals surface area contributed by atoms with Gasteiger partial charge in [-0.25, -0.2) is 0 Å². The standard InChI is InChI=1S/C6H12N2O3/c1-4(6(7)10)8-3-5(9)11-2/h4,8H,3H2,1-2H3,(H2,7,10). The van der Waals surface area contributed by atoms with Crippen LogP contribution in [0.1, 0.15) is 6.92 Å². The molecule has 0 aromatic heterocycles. The maximum absolute atomic E-state index is 10.5. The Bertz CT molecular complexity index is 158. The molecule has 0 rings (SSSR count). The molecule has 0 saturated carbocycles. The van der Waals surface area contributed by atoms with Crippen molar-refractivity contribution in [3.8, 4) is 0 Å². The molecule has 64 valence electrons. The van der Waals surface area contributed by atoms with Crippen LogP contribution in [0.25, 0.3) is 0 Å². The molecule has 0 aliphatic heterocycles. The molecular weight excluding hydrogens is 148 g/mol. The zero-order chi connectivity index (χ0) is 8.85. The fourth-order valence-corrected chi connectivity index (χ4v) is 0.409. The summed E-state index contributed by atoms with van der Waals surface area (Å²) in [6, 6.07) is -0.505. The lowest BCUT2D eigenvalue weighted by Crippen LogP contribution is -2.41. The van der Waals surface area contributed by atoms with Crippen LogP contribution >= 0.6 is 0 Å². The maximum atomic E-state index is 10.5. The van der Waals surface area contributed by atoms with E-state index in [0.29, 0.717) is 0 Å². The number of hydrogen-bond donors (Lipinski definition) is 2. The van der Waals surface area contributed by atoms with Gasteiger partial charge in [0.15, 0.2) is 0 Å². The third-order valence-electron chi connectivity index (χ3n) is 1.21. The van der Waals surface area contributed by atoms with Crippen molar-refractivity contribution in [3.63, 3.8) is 0 Å². The Balaban J connectivity index is 3.54. The molecule has 5 heteroatoms.